The fourth-order valence-electron chi connectivity index (χ4n) is 3.38. The van der Waals surface area contributed by atoms with Gasteiger partial charge in [0, 0.05) is 18.5 Å². The van der Waals surface area contributed by atoms with E-state index in [0.717, 1.165) is 18.9 Å². The van der Waals surface area contributed by atoms with Crippen LogP contribution in [0.15, 0.2) is 0 Å². The maximum absolute atomic E-state index is 11.9. The number of amides is 1. The molecule has 3 nitrogen and oxygen atoms in total. The van der Waals surface area contributed by atoms with Crippen LogP contribution in [-0.4, -0.2) is 24.5 Å². The van der Waals surface area contributed by atoms with Crippen LogP contribution in [0.25, 0.3) is 0 Å². The summed E-state index contributed by atoms with van der Waals surface area (Å²) in [4.78, 5) is 11.9. The Morgan fingerprint density at radius 3 is 2.61 bits per heavy atom. The van der Waals surface area contributed by atoms with Crippen molar-refractivity contribution in [2.24, 2.45) is 5.92 Å². The Labute approximate surface area is 111 Å². The highest BCUT2D eigenvalue weighted by Gasteiger charge is 2.23. The van der Waals surface area contributed by atoms with Crippen LogP contribution in [-0.2, 0) is 4.79 Å². The lowest BCUT2D eigenvalue weighted by Gasteiger charge is -2.24. The molecule has 18 heavy (non-hydrogen) atoms. The molecule has 3 heteroatoms. The van der Waals surface area contributed by atoms with Crippen LogP contribution in [0.4, 0.5) is 0 Å². The van der Waals surface area contributed by atoms with E-state index in [2.05, 4.69) is 17.6 Å². The minimum Gasteiger partial charge on any atom is -0.353 e. The van der Waals surface area contributed by atoms with Gasteiger partial charge in [-0.15, -0.1) is 0 Å². The Bertz CT molecular complexity index is 255. The minimum absolute atomic E-state index is 0.252. The van der Waals surface area contributed by atoms with Crippen molar-refractivity contribution in [3.63, 3.8) is 0 Å². The number of piperidine rings is 1. The second kappa shape index (κ2) is 7.13. The highest BCUT2D eigenvalue weighted by atomic mass is 16.1. The maximum atomic E-state index is 11.9. The van der Waals surface area contributed by atoms with Crippen molar-refractivity contribution in [3.05, 3.63) is 0 Å². The van der Waals surface area contributed by atoms with E-state index in [-0.39, 0.29) is 5.91 Å². The SMILES string of the molecule is C[C@@H](NC(=O)CCC1CCCCN1)C1CCCC1. The van der Waals surface area contributed by atoms with E-state index in [9.17, 15) is 4.79 Å². The zero-order chi connectivity index (χ0) is 12.8. The van der Waals surface area contributed by atoms with Crippen LogP contribution in [0.2, 0.25) is 0 Å². The summed E-state index contributed by atoms with van der Waals surface area (Å²) in [5.41, 5.74) is 0. The molecule has 0 spiro atoms. The summed E-state index contributed by atoms with van der Waals surface area (Å²) in [5.74, 6) is 0.975. The predicted octanol–water partition coefficient (Wildman–Crippen LogP) is 2.60. The van der Waals surface area contributed by atoms with Crippen molar-refractivity contribution in [3.8, 4) is 0 Å². The molecule has 2 rings (SSSR count). The van der Waals surface area contributed by atoms with E-state index in [1.165, 1.54) is 44.9 Å². The molecule has 1 aliphatic heterocycles. The molecule has 2 atom stereocenters. The highest BCUT2D eigenvalue weighted by molar-refractivity contribution is 5.76. The van der Waals surface area contributed by atoms with Gasteiger partial charge in [-0.1, -0.05) is 19.3 Å². The first kappa shape index (κ1) is 13.9. The summed E-state index contributed by atoms with van der Waals surface area (Å²) in [5, 5.41) is 6.70. The van der Waals surface area contributed by atoms with E-state index in [1.54, 1.807) is 0 Å². The molecule has 1 amide bonds. The van der Waals surface area contributed by atoms with Gasteiger partial charge < -0.3 is 10.6 Å². The predicted molar refractivity (Wildman–Crippen MR) is 74.4 cm³/mol. The van der Waals surface area contributed by atoms with Crippen molar-refractivity contribution >= 4 is 5.91 Å². The van der Waals surface area contributed by atoms with Gasteiger partial charge >= 0.3 is 0 Å². The van der Waals surface area contributed by atoms with Crippen molar-refractivity contribution in [1.29, 1.82) is 0 Å². The minimum atomic E-state index is 0.252. The fraction of sp³-hybridized carbons (Fsp3) is 0.933. The molecule has 0 aromatic carbocycles. The number of hydrogen-bond acceptors (Lipinski definition) is 2. The standard InChI is InChI=1S/C15H28N2O/c1-12(13-6-2-3-7-13)17-15(18)10-9-14-8-4-5-11-16-14/h12-14,16H,2-11H2,1H3,(H,17,18)/t12-,14?/m1/s1. The summed E-state index contributed by atoms with van der Waals surface area (Å²) in [6.07, 6.45) is 10.8. The van der Waals surface area contributed by atoms with E-state index in [1.807, 2.05) is 0 Å². The molecular weight excluding hydrogens is 224 g/mol. The van der Waals surface area contributed by atoms with Crippen molar-refractivity contribution in [2.75, 3.05) is 6.54 Å². The normalized spacial score (nSPS) is 27.1. The Morgan fingerprint density at radius 2 is 1.94 bits per heavy atom. The average molecular weight is 252 g/mol. The van der Waals surface area contributed by atoms with Gasteiger partial charge in [-0.2, -0.15) is 0 Å². The second-order valence-electron chi connectivity index (χ2n) is 6.09. The molecule has 2 fully saturated rings. The number of nitrogens with one attached hydrogen (secondary N) is 2. The Kier molecular flexibility index (Phi) is 5.48. The van der Waals surface area contributed by atoms with Gasteiger partial charge in [0.05, 0.1) is 0 Å². The van der Waals surface area contributed by atoms with Gasteiger partial charge in [-0.05, 0) is 51.5 Å². The van der Waals surface area contributed by atoms with Gasteiger partial charge in [0.25, 0.3) is 0 Å². The molecule has 2 N–H and O–H groups in total. The third-order valence-electron chi connectivity index (χ3n) is 4.63. The topological polar surface area (TPSA) is 41.1 Å². The largest absolute Gasteiger partial charge is 0.353 e. The number of carbonyl (C=O) groups excluding carboxylic acids is 1. The molecule has 0 radical (unpaired) electrons. The first-order valence-electron chi connectivity index (χ1n) is 7.78. The molecule has 1 aliphatic carbocycles. The van der Waals surface area contributed by atoms with Gasteiger partial charge in [-0.25, -0.2) is 0 Å². The van der Waals surface area contributed by atoms with Crippen LogP contribution < -0.4 is 10.6 Å². The second-order valence-corrected chi connectivity index (χ2v) is 6.09. The summed E-state index contributed by atoms with van der Waals surface area (Å²) < 4.78 is 0. The molecule has 1 heterocycles. The van der Waals surface area contributed by atoms with E-state index in [4.69, 9.17) is 0 Å². The summed E-state index contributed by atoms with van der Waals surface area (Å²) in [6, 6.07) is 0.950. The Morgan fingerprint density at radius 1 is 1.22 bits per heavy atom. The molecule has 0 bridgehead atoms. The fourth-order valence-corrected chi connectivity index (χ4v) is 3.38. The third kappa shape index (κ3) is 4.27. The number of carbonyl (C=O) groups is 1. The van der Waals surface area contributed by atoms with Crippen LogP contribution >= 0.6 is 0 Å². The lowest BCUT2D eigenvalue weighted by molar-refractivity contribution is -0.122. The quantitative estimate of drug-likeness (QED) is 0.789. The molecule has 2 aliphatic rings. The van der Waals surface area contributed by atoms with Crippen LogP contribution in [0.1, 0.15) is 64.7 Å². The summed E-state index contributed by atoms with van der Waals surface area (Å²) in [7, 11) is 0. The number of rotatable bonds is 5. The highest BCUT2D eigenvalue weighted by Crippen LogP contribution is 2.27. The molecule has 1 saturated carbocycles. The van der Waals surface area contributed by atoms with Gasteiger partial charge in [0.2, 0.25) is 5.91 Å². The van der Waals surface area contributed by atoms with Crippen LogP contribution in [0, 0.1) is 5.92 Å². The lowest BCUT2D eigenvalue weighted by atomic mass is 9.98. The van der Waals surface area contributed by atoms with Gasteiger partial charge in [0.1, 0.15) is 0 Å². The van der Waals surface area contributed by atoms with E-state index >= 15 is 0 Å². The van der Waals surface area contributed by atoms with E-state index in [0.29, 0.717) is 18.5 Å². The maximum Gasteiger partial charge on any atom is 0.220 e. The first-order chi connectivity index (χ1) is 8.75. The van der Waals surface area contributed by atoms with Gasteiger partial charge in [-0.3, -0.25) is 4.79 Å². The molecule has 1 saturated heterocycles. The van der Waals surface area contributed by atoms with Gasteiger partial charge in [0.15, 0.2) is 0 Å². The molecule has 0 aromatic rings. The van der Waals surface area contributed by atoms with Crippen LogP contribution in [0.3, 0.4) is 0 Å². The zero-order valence-electron chi connectivity index (χ0n) is 11.7. The summed E-state index contributed by atoms with van der Waals surface area (Å²) in [6.45, 7) is 3.30. The average Bonchev–Trinajstić information content (AvgIpc) is 2.91. The summed E-state index contributed by atoms with van der Waals surface area (Å²) >= 11 is 0. The molecule has 104 valence electrons. The van der Waals surface area contributed by atoms with Crippen molar-refractivity contribution in [1.82, 2.24) is 10.6 Å². The zero-order valence-corrected chi connectivity index (χ0v) is 11.7. The van der Waals surface area contributed by atoms with E-state index < -0.39 is 0 Å². The molecular formula is C15H28N2O. The Balaban J connectivity index is 1.61. The monoisotopic (exact) mass is 252 g/mol. The molecule has 0 aromatic heterocycles. The lowest BCUT2D eigenvalue weighted by Crippen LogP contribution is -2.39. The first-order valence-corrected chi connectivity index (χ1v) is 7.78. The Hall–Kier alpha value is -0.570. The molecule has 1 unspecified atom stereocenters. The van der Waals surface area contributed by atoms with Crippen molar-refractivity contribution < 1.29 is 4.79 Å². The van der Waals surface area contributed by atoms with Crippen LogP contribution in [0.5, 0.6) is 0 Å². The van der Waals surface area contributed by atoms with Crippen molar-refractivity contribution in [2.45, 2.75) is 76.8 Å². The smallest absolute Gasteiger partial charge is 0.220 e. The third-order valence-corrected chi connectivity index (χ3v) is 4.63. The number of hydrogen-bond donors (Lipinski definition) is 2.